The number of hydrogen-bond donors (Lipinski definition) is 2. The number of aromatic nitrogens is 1. The second-order valence-electron chi connectivity index (χ2n) is 4.48. The van der Waals surface area contributed by atoms with Crippen molar-refractivity contribution in [3.05, 3.63) is 23.7 Å². The van der Waals surface area contributed by atoms with E-state index in [9.17, 15) is 4.79 Å². The van der Waals surface area contributed by atoms with Crippen LogP contribution < -0.4 is 5.32 Å². The van der Waals surface area contributed by atoms with Gasteiger partial charge in [-0.3, -0.25) is 0 Å². The maximum Gasteiger partial charge on any atom is 0.322 e. The predicted octanol–water partition coefficient (Wildman–Crippen LogP) is 2.53. The third-order valence-electron chi connectivity index (χ3n) is 2.81. The zero-order valence-electron chi connectivity index (χ0n) is 11.0. The molecular formula is C13H17N3O2S. The fraction of sp³-hybridized carbons (Fsp3) is 0.385. The molecule has 0 aliphatic rings. The summed E-state index contributed by atoms with van der Waals surface area (Å²) in [4.78, 5) is 17.9. The first-order chi connectivity index (χ1) is 9.11. The second kappa shape index (κ2) is 5.99. The first-order valence-electron chi connectivity index (χ1n) is 6.13. The molecule has 2 N–H and O–H groups in total. The van der Waals surface area contributed by atoms with Crippen LogP contribution in [0, 0.1) is 0 Å². The molecule has 1 aromatic carbocycles. The molecule has 2 rings (SSSR count). The van der Waals surface area contributed by atoms with Crippen molar-refractivity contribution in [2.75, 3.05) is 18.5 Å². The van der Waals surface area contributed by atoms with Crippen LogP contribution in [0.5, 0.6) is 0 Å². The van der Waals surface area contributed by atoms with Crippen molar-refractivity contribution in [1.29, 1.82) is 0 Å². The molecule has 2 amide bonds. The number of aliphatic hydroxyl groups excluding tert-OH is 1. The highest BCUT2D eigenvalue weighted by Gasteiger charge is 2.16. The molecule has 1 aromatic heterocycles. The Kier molecular flexibility index (Phi) is 4.34. The third-order valence-corrected chi connectivity index (χ3v) is 3.60. The number of urea groups is 1. The van der Waals surface area contributed by atoms with Crippen LogP contribution in [-0.2, 0) is 0 Å². The van der Waals surface area contributed by atoms with Crippen LogP contribution in [0.15, 0.2) is 23.7 Å². The van der Waals surface area contributed by atoms with Gasteiger partial charge in [-0.1, -0.05) is 0 Å². The largest absolute Gasteiger partial charge is 0.395 e. The van der Waals surface area contributed by atoms with Gasteiger partial charge in [0.15, 0.2) is 0 Å². The molecule has 19 heavy (non-hydrogen) atoms. The van der Waals surface area contributed by atoms with Crippen LogP contribution in [0.1, 0.15) is 13.8 Å². The van der Waals surface area contributed by atoms with Gasteiger partial charge in [0.25, 0.3) is 0 Å². The Morgan fingerprint density at radius 1 is 1.53 bits per heavy atom. The van der Waals surface area contributed by atoms with Crippen molar-refractivity contribution in [3.8, 4) is 0 Å². The SMILES string of the molecule is CC(C)N(CCO)C(=O)Nc1ccc2ncsc2c1. The van der Waals surface area contributed by atoms with E-state index in [0.29, 0.717) is 6.54 Å². The van der Waals surface area contributed by atoms with Crippen molar-refractivity contribution >= 4 is 33.3 Å². The van der Waals surface area contributed by atoms with E-state index < -0.39 is 0 Å². The van der Waals surface area contributed by atoms with Gasteiger partial charge in [0, 0.05) is 18.3 Å². The summed E-state index contributed by atoms with van der Waals surface area (Å²) in [5.41, 5.74) is 3.45. The lowest BCUT2D eigenvalue weighted by atomic mass is 10.3. The topological polar surface area (TPSA) is 65.5 Å². The number of hydrogen-bond acceptors (Lipinski definition) is 4. The van der Waals surface area contributed by atoms with Crippen molar-refractivity contribution in [1.82, 2.24) is 9.88 Å². The summed E-state index contributed by atoms with van der Waals surface area (Å²) in [6.07, 6.45) is 0. The Hall–Kier alpha value is -1.66. The van der Waals surface area contributed by atoms with Gasteiger partial charge in [-0.05, 0) is 32.0 Å². The van der Waals surface area contributed by atoms with Crippen molar-refractivity contribution < 1.29 is 9.90 Å². The van der Waals surface area contributed by atoms with Crippen LogP contribution >= 0.6 is 11.3 Å². The fourth-order valence-corrected chi connectivity index (χ4v) is 2.55. The van der Waals surface area contributed by atoms with Gasteiger partial charge in [-0.2, -0.15) is 0 Å². The lowest BCUT2D eigenvalue weighted by Crippen LogP contribution is -2.41. The number of anilines is 1. The average Bonchev–Trinajstić information content (AvgIpc) is 2.82. The van der Waals surface area contributed by atoms with Gasteiger partial charge in [-0.25, -0.2) is 9.78 Å². The zero-order chi connectivity index (χ0) is 13.8. The summed E-state index contributed by atoms with van der Waals surface area (Å²) in [6, 6.07) is 5.46. The Balaban J connectivity index is 2.12. The number of amides is 2. The minimum atomic E-state index is -0.201. The van der Waals surface area contributed by atoms with E-state index in [0.717, 1.165) is 15.9 Å². The number of nitrogens with one attached hydrogen (secondary N) is 1. The van der Waals surface area contributed by atoms with Gasteiger partial charge < -0.3 is 15.3 Å². The Morgan fingerprint density at radius 2 is 2.32 bits per heavy atom. The Labute approximate surface area is 115 Å². The lowest BCUT2D eigenvalue weighted by Gasteiger charge is -2.26. The van der Waals surface area contributed by atoms with Gasteiger partial charge >= 0.3 is 6.03 Å². The number of rotatable bonds is 4. The molecule has 2 aromatic rings. The molecule has 0 aliphatic carbocycles. The molecule has 0 bridgehead atoms. The highest BCUT2D eigenvalue weighted by atomic mass is 32.1. The Morgan fingerprint density at radius 3 is 3.00 bits per heavy atom. The number of aliphatic hydroxyl groups is 1. The monoisotopic (exact) mass is 279 g/mol. The zero-order valence-corrected chi connectivity index (χ0v) is 11.8. The van der Waals surface area contributed by atoms with Crippen LogP contribution in [0.2, 0.25) is 0 Å². The Bertz CT molecular complexity index is 568. The summed E-state index contributed by atoms with van der Waals surface area (Å²) in [6.45, 7) is 4.12. The van der Waals surface area contributed by atoms with Crippen molar-refractivity contribution in [3.63, 3.8) is 0 Å². The van der Waals surface area contributed by atoms with Crippen LogP contribution in [-0.4, -0.2) is 40.2 Å². The summed E-state index contributed by atoms with van der Waals surface area (Å²) >= 11 is 1.54. The van der Waals surface area contributed by atoms with Crippen LogP contribution in [0.25, 0.3) is 10.2 Å². The van der Waals surface area contributed by atoms with Gasteiger partial charge in [0.2, 0.25) is 0 Å². The molecule has 0 unspecified atom stereocenters. The average molecular weight is 279 g/mol. The molecule has 0 saturated heterocycles. The van der Waals surface area contributed by atoms with E-state index in [4.69, 9.17) is 5.11 Å². The van der Waals surface area contributed by atoms with E-state index in [2.05, 4.69) is 10.3 Å². The van der Waals surface area contributed by atoms with E-state index in [1.54, 1.807) is 10.4 Å². The molecule has 1 heterocycles. The highest BCUT2D eigenvalue weighted by molar-refractivity contribution is 7.16. The standard InChI is InChI=1S/C13H17N3O2S/c1-9(2)16(5-6-17)13(18)15-10-3-4-11-12(7-10)19-8-14-11/h3-4,7-9,17H,5-6H2,1-2H3,(H,15,18). The highest BCUT2D eigenvalue weighted by Crippen LogP contribution is 2.22. The molecule has 0 aliphatic heterocycles. The van der Waals surface area contributed by atoms with E-state index in [1.807, 2.05) is 32.0 Å². The fourth-order valence-electron chi connectivity index (χ4n) is 1.83. The lowest BCUT2D eigenvalue weighted by molar-refractivity contribution is 0.172. The first kappa shape index (κ1) is 13.8. The molecular weight excluding hydrogens is 262 g/mol. The summed E-state index contributed by atoms with van der Waals surface area (Å²) in [5, 5.41) is 11.8. The maximum atomic E-state index is 12.1. The van der Waals surface area contributed by atoms with Crippen molar-refractivity contribution in [2.24, 2.45) is 0 Å². The van der Waals surface area contributed by atoms with Gasteiger partial charge in [-0.15, -0.1) is 11.3 Å². The summed E-state index contributed by atoms with van der Waals surface area (Å²) < 4.78 is 1.04. The molecule has 0 spiro atoms. The minimum Gasteiger partial charge on any atom is -0.395 e. The molecule has 0 atom stereocenters. The van der Waals surface area contributed by atoms with E-state index in [1.165, 1.54) is 11.3 Å². The molecule has 102 valence electrons. The summed E-state index contributed by atoms with van der Waals surface area (Å²) in [7, 11) is 0. The number of thiazole rings is 1. The van der Waals surface area contributed by atoms with E-state index >= 15 is 0 Å². The van der Waals surface area contributed by atoms with Crippen LogP contribution in [0.3, 0.4) is 0 Å². The summed E-state index contributed by atoms with van der Waals surface area (Å²) in [5.74, 6) is 0. The number of carbonyl (C=O) groups is 1. The molecule has 0 fully saturated rings. The third kappa shape index (κ3) is 3.21. The van der Waals surface area contributed by atoms with Gasteiger partial charge in [0.1, 0.15) is 0 Å². The molecule has 0 radical (unpaired) electrons. The normalized spacial score (nSPS) is 10.9. The van der Waals surface area contributed by atoms with E-state index in [-0.39, 0.29) is 18.7 Å². The minimum absolute atomic E-state index is 0.0410. The first-order valence-corrected chi connectivity index (χ1v) is 7.01. The predicted molar refractivity (Wildman–Crippen MR) is 77.6 cm³/mol. The number of nitrogens with zero attached hydrogens (tertiary/aromatic N) is 2. The molecule has 6 heteroatoms. The van der Waals surface area contributed by atoms with Gasteiger partial charge in [0.05, 0.1) is 22.3 Å². The molecule has 0 saturated carbocycles. The molecule has 5 nitrogen and oxygen atoms in total. The smallest absolute Gasteiger partial charge is 0.322 e. The number of fused-ring (bicyclic) bond motifs is 1. The maximum absolute atomic E-state index is 12.1. The number of benzene rings is 1. The quantitative estimate of drug-likeness (QED) is 0.904. The van der Waals surface area contributed by atoms with Crippen molar-refractivity contribution in [2.45, 2.75) is 19.9 Å². The number of carbonyl (C=O) groups excluding carboxylic acids is 1. The second-order valence-corrected chi connectivity index (χ2v) is 5.36. The van der Waals surface area contributed by atoms with Crippen LogP contribution in [0.4, 0.5) is 10.5 Å².